The van der Waals surface area contributed by atoms with Crippen molar-refractivity contribution in [2.24, 2.45) is 0 Å². The topological polar surface area (TPSA) is 43.4 Å². The van der Waals surface area contributed by atoms with E-state index in [-0.39, 0.29) is 0 Å². The molecule has 0 bridgehead atoms. The molecule has 0 saturated heterocycles. The van der Waals surface area contributed by atoms with Crippen LogP contribution in [0.15, 0.2) is 45.8 Å². The highest BCUT2D eigenvalue weighted by molar-refractivity contribution is 9.10. The number of halogens is 7. The van der Waals surface area contributed by atoms with Crippen molar-refractivity contribution in [1.82, 2.24) is 0 Å². The summed E-state index contributed by atoms with van der Waals surface area (Å²) in [6.45, 7) is 0.838. The minimum Gasteiger partial charge on any atom is -0.378 e. The monoisotopic (exact) mass is 462 g/mol. The highest BCUT2D eigenvalue weighted by Crippen LogP contribution is 2.46. The van der Waals surface area contributed by atoms with E-state index in [0.717, 1.165) is 19.1 Å². The predicted octanol–water partition coefficient (Wildman–Crippen LogP) is 5.56. The second kappa shape index (κ2) is 6.76. The second-order valence-electron chi connectivity index (χ2n) is 5.12. The molecule has 0 saturated carbocycles. The highest BCUT2D eigenvalue weighted by Gasteiger charge is 2.47. The van der Waals surface area contributed by atoms with E-state index in [0.29, 0.717) is 16.6 Å². The van der Waals surface area contributed by atoms with Gasteiger partial charge in [0.25, 0.3) is 0 Å². The van der Waals surface area contributed by atoms with Gasteiger partial charge in [0.1, 0.15) is 10.5 Å². The lowest BCUT2D eigenvalue weighted by molar-refractivity contribution is -0.163. The van der Waals surface area contributed by atoms with Crippen molar-refractivity contribution in [3.8, 4) is 5.75 Å². The van der Waals surface area contributed by atoms with Crippen molar-refractivity contribution >= 4 is 26.0 Å². The Bertz CT molecular complexity index is 918. The fourth-order valence-corrected chi connectivity index (χ4v) is 3.38. The lowest BCUT2D eigenvalue weighted by Crippen LogP contribution is -2.21. The maximum Gasteiger partial charge on any atom is 0.420 e. The van der Waals surface area contributed by atoms with E-state index < -0.39 is 49.8 Å². The van der Waals surface area contributed by atoms with E-state index in [2.05, 4.69) is 20.1 Å². The Morgan fingerprint density at radius 1 is 0.846 bits per heavy atom. The summed E-state index contributed by atoms with van der Waals surface area (Å²) in [7, 11) is -4.78. The molecule has 0 N–H and O–H groups in total. The number of benzene rings is 2. The Morgan fingerprint density at radius 2 is 1.35 bits per heavy atom. The summed E-state index contributed by atoms with van der Waals surface area (Å²) in [5, 5.41) is 0. The van der Waals surface area contributed by atoms with Crippen LogP contribution in [-0.4, -0.2) is 8.42 Å². The molecule has 2 aromatic carbocycles. The third-order valence-corrected chi connectivity index (χ3v) is 5.02. The summed E-state index contributed by atoms with van der Waals surface area (Å²) in [6, 6.07) is 5.90. The molecule has 0 aliphatic carbocycles. The number of rotatable bonds is 3. The molecule has 0 atom stereocenters. The maximum atomic E-state index is 13.3. The predicted molar refractivity (Wildman–Crippen MR) is 83.1 cm³/mol. The van der Waals surface area contributed by atoms with E-state index in [1.54, 1.807) is 0 Å². The smallest absolute Gasteiger partial charge is 0.378 e. The van der Waals surface area contributed by atoms with Gasteiger partial charge in [-0.05, 0) is 42.8 Å². The summed E-state index contributed by atoms with van der Waals surface area (Å²) < 4.78 is 108. The first-order valence-electron chi connectivity index (χ1n) is 6.71. The van der Waals surface area contributed by atoms with Gasteiger partial charge in [0, 0.05) is 4.47 Å². The zero-order valence-electron chi connectivity index (χ0n) is 12.7. The number of hydrogen-bond donors (Lipinski definition) is 0. The van der Waals surface area contributed by atoms with Crippen LogP contribution in [0.4, 0.5) is 26.3 Å². The second-order valence-corrected chi connectivity index (χ2v) is 7.58. The summed E-state index contributed by atoms with van der Waals surface area (Å²) in [4.78, 5) is -0.511. The number of aryl methyl sites for hydroxylation is 1. The molecule has 26 heavy (non-hydrogen) atoms. The van der Waals surface area contributed by atoms with Gasteiger partial charge in [0.2, 0.25) is 0 Å². The normalized spacial score (nSPS) is 12.9. The van der Waals surface area contributed by atoms with Crippen molar-refractivity contribution < 1.29 is 38.9 Å². The van der Waals surface area contributed by atoms with Crippen molar-refractivity contribution in [3.05, 3.63) is 57.6 Å². The Kier molecular flexibility index (Phi) is 5.35. The molecule has 11 heteroatoms. The van der Waals surface area contributed by atoms with Crippen LogP contribution in [-0.2, 0) is 22.5 Å². The highest BCUT2D eigenvalue weighted by atomic mass is 79.9. The molecule has 0 fully saturated rings. The molecule has 3 nitrogen and oxygen atoms in total. The van der Waals surface area contributed by atoms with Crippen LogP contribution in [0, 0.1) is 6.92 Å². The lowest BCUT2D eigenvalue weighted by atomic mass is 10.00. The van der Waals surface area contributed by atoms with Crippen LogP contribution in [0.25, 0.3) is 0 Å². The van der Waals surface area contributed by atoms with Gasteiger partial charge < -0.3 is 4.18 Å². The van der Waals surface area contributed by atoms with E-state index in [1.807, 2.05) is 0 Å². The average Bonchev–Trinajstić information content (AvgIpc) is 2.46. The molecular weight excluding hydrogens is 454 g/mol. The van der Waals surface area contributed by atoms with Crippen LogP contribution >= 0.6 is 15.9 Å². The molecule has 0 aliphatic rings. The van der Waals surface area contributed by atoms with E-state index >= 15 is 0 Å². The third kappa shape index (κ3) is 4.32. The molecule has 2 aromatic rings. The van der Waals surface area contributed by atoms with Gasteiger partial charge in [0.15, 0.2) is 5.75 Å². The Balaban J connectivity index is 2.65. The molecule has 0 heterocycles. The molecule has 0 aromatic heterocycles. The largest absolute Gasteiger partial charge is 0.420 e. The first-order chi connectivity index (χ1) is 11.7. The van der Waals surface area contributed by atoms with Gasteiger partial charge >= 0.3 is 22.5 Å². The SMILES string of the molecule is Cc1ccc(OS(=O)(=O)c2ccc(Br)cc2)c(C(F)(F)F)c1C(F)(F)F. The minimum atomic E-state index is -5.48. The molecule has 2 rings (SSSR count). The van der Waals surface area contributed by atoms with Crippen molar-refractivity contribution in [2.75, 3.05) is 0 Å². The first kappa shape index (κ1) is 20.6. The zero-order valence-corrected chi connectivity index (χ0v) is 15.1. The fourth-order valence-electron chi connectivity index (χ4n) is 2.17. The first-order valence-corrected chi connectivity index (χ1v) is 8.91. The molecule has 0 amide bonds. The summed E-state index contributed by atoms with van der Waals surface area (Å²) in [5.41, 5.74) is -4.89. The van der Waals surface area contributed by atoms with Crippen molar-refractivity contribution in [2.45, 2.75) is 24.2 Å². The third-order valence-electron chi connectivity index (χ3n) is 3.24. The van der Waals surface area contributed by atoms with Crippen LogP contribution in [0.2, 0.25) is 0 Å². The van der Waals surface area contributed by atoms with Gasteiger partial charge in [-0.15, -0.1) is 0 Å². The van der Waals surface area contributed by atoms with Crippen molar-refractivity contribution in [1.29, 1.82) is 0 Å². The Hall–Kier alpha value is -1.75. The lowest BCUT2D eigenvalue weighted by Gasteiger charge is -2.20. The molecule has 0 unspecified atom stereocenters. The van der Waals surface area contributed by atoms with Gasteiger partial charge in [-0.1, -0.05) is 22.0 Å². The quantitative estimate of drug-likeness (QED) is 0.442. The van der Waals surface area contributed by atoms with E-state index in [4.69, 9.17) is 0 Å². The van der Waals surface area contributed by atoms with Crippen LogP contribution < -0.4 is 4.18 Å². The van der Waals surface area contributed by atoms with Crippen LogP contribution in [0.3, 0.4) is 0 Å². The maximum absolute atomic E-state index is 13.3. The molecule has 0 radical (unpaired) electrons. The Labute approximate surface area is 152 Å². The summed E-state index contributed by atoms with van der Waals surface area (Å²) in [5.74, 6) is -1.45. The minimum absolute atomic E-state index is 0.488. The van der Waals surface area contributed by atoms with E-state index in [1.165, 1.54) is 12.1 Å². The molecular formula is C15H9BrF6O3S. The molecule has 142 valence electrons. The van der Waals surface area contributed by atoms with Crippen LogP contribution in [0.1, 0.15) is 16.7 Å². The number of hydrogen-bond acceptors (Lipinski definition) is 3. The van der Waals surface area contributed by atoms with Gasteiger partial charge in [0.05, 0.1) is 5.56 Å². The Morgan fingerprint density at radius 3 is 1.81 bits per heavy atom. The average molecular weight is 463 g/mol. The van der Waals surface area contributed by atoms with Crippen LogP contribution in [0.5, 0.6) is 5.75 Å². The van der Waals surface area contributed by atoms with Gasteiger partial charge in [-0.25, -0.2) is 0 Å². The summed E-state index contributed by atoms with van der Waals surface area (Å²) >= 11 is 3.05. The van der Waals surface area contributed by atoms with Gasteiger partial charge in [-0.2, -0.15) is 34.8 Å². The molecule has 0 aliphatic heterocycles. The fraction of sp³-hybridized carbons (Fsp3) is 0.200. The zero-order chi connectivity index (χ0) is 19.9. The summed E-state index contributed by atoms with van der Waals surface area (Å²) in [6.07, 6.45) is -10.8. The molecule has 0 spiro atoms. The van der Waals surface area contributed by atoms with Gasteiger partial charge in [-0.3, -0.25) is 0 Å². The van der Waals surface area contributed by atoms with Crippen molar-refractivity contribution in [3.63, 3.8) is 0 Å². The number of alkyl halides is 6. The van der Waals surface area contributed by atoms with E-state index in [9.17, 15) is 34.8 Å². The standard InChI is InChI=1S/C15H9BrF6O3S/c1-8-2-7-11(13(15(20,21)22)12(8)14(17,18)19)25-26(23,24)10-5-3-9(16)4-6-10/h2-7H,1H3.